The first-order chi connectivity index (χ1) is 9.08. The molecule has 0 radical (unpaired) electrons. The standard InChI is InChI=1S/C13H9Cl2NO3/c14-10-6-4-9(5-7-10)8-19-12-3-1-2-11(15)13(12)16(17)18/h1-7H,8H2. The zero-order chi connectivity index (χ0) is 13.8. The predicted molar refractivity (Wildman–Crippen MR) is 73.9 cm³/mol. The highest BCUT2D eigenvalue weighted by molar-refractivity contribution is 6.33. The molecule has 0 bridgehead atoms. The second kappa shape index (κ2) is 5.91. The number of halogens is 2. The lowest BCUT2D eigenvalue weighted by Gasteiger charge is -2.07. The first kappa shape index (κ1) is 13.6. The highest BCUT2D eigenvalue weighted by Gasteiger charge is 2.19. The number of ether oxygens (including phenoxy) is 1. The van der Waals surface area contributed by atoms with Crippen molar-refractivity contribution in [2.24, 2.45) is 0 Å². The Morgan fingerprint density at radius 2 is 1.79 bits per heavy atom. The minimum atomic E-state index is -0.556. The summed E-state index contributed by atoms with van der Waals surface area (Å²) in [6.45, 7) is 0.207. The van der Waals surface area contributed by atoms with Gasteiger partial charge in [0.15, 0.2) is 5.75 Å². The first-order valence-electron chi connectivity index (χ1n) is 5.38. The van der Waals surface area contributed by atoms with Gasteiger partial charge in [-0.1, -0.05) is 41.4 Å². The van der Waals surface area contributed by atoms with Crippen molar-refractivity contribution in [3.05, 3.63) is 68.2 Å². The molecule has 0 amide bonds. The van der Waals surface area contributed by atoms with E-state index in [2.05, 4.69) is 0 Å². The minimum absolute atomic E-state index is 0.0543. The summed E-state index contributed by atoms with van der Waals surface area (Å²) in [6.07, 6.45) is 0. The SMILES string of the molecule is O=[N+]([O-])c1c(Cl)cccc1OCc1ccc(Cl)cc1. The Morgan fingerprint density at radius 1 is 1.11 bits per heavy atom. The van der Waals surface area contributed by atoms with Crippen LogP contribution in [0.3, 0.4) is 0 Å². The Morgan fingerprint density at radius 3 is 2.42 bits per heavy atom. The third-order valence-corrected chi connectivity index (χ3v) is 3.00. The molecule has 2 rings (SSSR count). The third-order valence-electron chi connectivity index (χ3n) is 2.44. The lowest BCUT2D eigenvalue weighted by Crippen LogP contribution is -1.99. The van der Waals surface area contributed by atoms with Crippen molar-refractivity contribution >= 4 is 28.9 Å². The van der Waals surface area contributed by atoms with Crippen LogP contribution < -0.4 is 4.74 Å². The largest absolute Gasteiger partial charge is 0.482 e. The second-order valence-corrected chi connectivity index (χ2v) is 4.60. The molecular weight excluding hydrogens is 289 g/mol. The summed E-state index contributed by atoms with van der Waals surface area (Å²) >= 11 is 11.6. The maximum atomic E-state index is 10.9. The van der Waals surface area contributed by atoms with E-state index < -0.39 is 4.92 Å². The molecule has 0 aliphatic rings. The van der Waals surface area contributed by atoms with Crippen LogP contribution in [0.4, 0.5) is 5.69 Å². The summed E-state index contributed by atoms with van der Waals surface area (Å²) in [7, 11) is 0. The van der Waals surface area contributed by atoms with Crippen LogP contribution in [-0.2, 0) is 6.61 Å². The molecule has 0 atom stereocenters. The van der Waals surface area contributed by atoms with Crippen molar-refractivity contribution in [1.29, 1.82) is 0 Å². The number of nitro groups is 1. The predicted octanol–water partition coefficient (Wildman–Crippen LogP) is 4.48. The average molecular weight is 298 g/mol. The molecule has 6 heteroatoms. The fourth-order valence-corrected chi connectivity index (χ4v) is 1.89. The average Bonchev–Trinajstić information content (AvgIpc) is 2.37. The van der Waals surface area contributed by atoms with Crippen LogP contribution >= 0.6 is 23.2 Å². The lowest BCUT2D eigenvalue weighted by atomic mass is 10.2. The second-order valence-electron chi connectivity index (χ2n) is 3.76. The van der Waals surface area contributed by atoms with Crippen LogP contribution in [0, 0.1) is 10.1 Å². The normalized spacial score (nSPS) is 10.2. The number of nitrogens with zero attached hydrogens (tertiary/aromatic N) is 1. The molecule has 19 heavy (non-hydrogen) atoms. The van der Waals surface area contributed by atoms with E-state index in [1.165, 1.54) is 12.1 Å². The van der Waals surface area contributed by atoms with Crippen LogP contribution in [0.2, 0.25) is 10.0 Å². The highest BCUT2D eigenvalue weighted by Crippen LogP contribution is 2.34. The molecule has 4 nitrogen and oxygen atoms in total. The smallest absolute Gasteiger partial charge is 0.329 e. The number of hydrogen-bond donors (Lipinski definition) is 0. The molecule has 0 N–H and O–H groups in total. The van der Waals surface area contributed by atoms with Crippen molar-refractivity contribution < 1.29 is 9.66 Å². The van der Waals surface area contributed by atoms with E-state index in [0.717, 1.165) is 5.56 Å². The molecule has 0 saturated carbocycles. The molecule has 0 spiro atoms. The van der Waals surface area contributed by atoms with Gasteiger partial charge in [0.25, 0.3) is 0 Å². The van der Waals surface area contributed by atoms with Gasteiger partial charge < -0.3 is 4.74 Å². The number of hydrogen-bond acceptors (Lipinski definition) is 3. The van der Waals surface area contributed by atoms with Gasteiger partial charge in [0.2, 0.25) is 0 Å². The van der Waals surface area contributed by atoms with Gasteiger partial charge in [-0.25, -0.2) is 0 Å². The van der Waals surface area contributed by atoms with Gasteiger partial charge >= 0.3 is 5.69 Å². The van der Waals surface area contributed by atoms with Gasteiger partial charge in [0, 0.05) is 5.02 Å². The molecule has 0 heterocycles. The molecule has 0 unspecified atom stereocenters. The van der Waals surface area contributed by atoms with E-state index in [1.807, 2.05) is 0 Å². The minimum Gasteiger partial charge on any atom is -0.482 e. The summed E-state index contributed by atoms with van der Waals surface area (Å²) < 4.78 is 5.44. The summed E-state index contributed by atoms with van der Waals surface area (Å²) in [5.74, 6) is 0.146. The monoisotopic (exact) mass is 297 g/mol. The molecule has 2 aromatic carbocycles. The van der Waals surface area contributed by atoms with Crippen LogP contribution in [0.15, 0.2) is 42.5 Å². The highest BCUT2D eigenvalue weighted by atomic mass is 35.5. The van der Waals surface area contributed by atoms with Gasteiger partial charge in [0.1, 0.15) is 11.6 Å². The van der Waals surface area contributed by atoms with Crippen molar-refractivity contribution in [3.63, 3.8) is 0 Å². The molecular formula is C13H9Cl2NO3. The number of nitro benzene ring substituents is 1. The number of rotatable bonds is 4. The Kier molecular flexibility index (Phi) is 4.24. The van der Waals surface area contributed by atoms with Crippen molar-refractivity contribution in [2.75, 3.05) is 0 Å². The summed E-state index contributed by atoms with van der Waals surface area (Å²) in [4.78, 5) is 10.4. The van der Waals surface area contributed by atoms with E-state index >= 15 is 0 Å². The zero-order valence-electron chi connectivity index (χ0n) is 9.68. The maximum absolute atomic E-state index is 10.9. The summed E-state index contributed by atoms with van der Waals surface area (Å²) in [5.41, 5.74) is 0.636. The molecule has 0 aliphatic heterocycles. The Bertz CT molecular complexity index is 599. The van der Waals surface area contributed by atoms with Crippen LogP contribution in [0.5, 0.6) is 5.75 Å². The van der Waals surface area contributed by atoms with Gasteiger partial charge in [-0.2, -0.15) is 0 Å². The molecule has 0 aliphatic carbocycles. The van der Waals surface area contributed by atoms with Crippen molar-refractivity contribution in [3.8, 4) is 5.75 Å². The quantitative estimate of drug-likeness (QED) is 0.617. The number of benzene rings is 2. The van der Waals surface area contributed by atoms with Gasteiger partial charge in [-0.15, -0.1) is 0 Å². The Hall–Kier alpha value is -1.78. The van der Waals surface area contributed by atoms with Gasteiger partial charge in [-0.3, -0.25) is 10.1 Å². The zero-order valence-corrected chi connectivity index (χ0v) is 11.2. The number of para-hydroxylation sites is 1. The van der Waals surface area contributed by atoms with E-state index in [-0.39, 0.29) is 23.1 Å². The van der Waals surface area contributed by atoms with Crippen molar-refractivity contribution in [2.45, 2.75) is 6.61 Å². The maximum Gasteiger partial charge on any atom is 0.329 e. The fourth-order valence-electron chi connectivity index (χ4n) is 1.53. The molecule has 0 aromatic heterocycles. The Labute approximate surface area is 119 Å². The summed E-state index contributed by atoms with van der Waals surface area (Å²) in [6, 6.07) is 11.6. The molecule has 98 valence electrons. The van der Waals surface area contributed by atoms with Crippen LogP contribution in [0.1, 0.15) is 5.56 Å². The van der Waals surface area contributed by atoms with Gasteiger partial charge in [0.05, 0.1) is 4.92 Å². The van der Waals surface area contributed by atoms with E-state index in [1.54, 1.807) is 30.3 Å². The van der Waals surface area contributed by atoms with E-state index in [9.17, 15) is 10.1 Å². The van der Waals surface area contributed by atoms with Crippen LogP contribution in [-0.4, -0.2) is 4.92 Å². The van der Waals surface area contributed by atoms with Crippen molar-refractivity contribution in [1.82, 2.24) is 0 Å². The summed E-state index contributed by atoms with van der Waals surface area (Å²) in [5, 5.41) is 11.6. The molecule has 2 aromatic rings. The fraction of sp³-hybridized carbons (Fsp3) is 0.0769. The topological polar surface area (TPSA) is 52.4 Å². The third kappa shape index (κ3) is 3.36. The molecule has 0 saturated heterocycles. The Balaban J connectivity index is 2.18. The van der Waals surface area contributed by atoms with E-state index in [4.69, 9.17) is 27.9 Å². The lowest BCUT2D eigenvalue weighted by molar-refractivity contribution is -0.385. The van der Waals surface area contributed by atoms with E-state index in [0.29, 0.717) is 5.02 Å². The van der Waals surface area contributed by atoms with Gasteiger partial charge in [-0.05, 0) is 29.8 Å². The van der Waals surface area contributed by atoms with Crippen LogP contribution in [0.25, 0.3) is 0 Å². The first-order valence-corrected chi connectivity index (χ1v) is 6.13. The molecule has 0 fully saturated rings.